The molecule has 0 aromatic rings. The van der Waals surface area contributed by atoms with Gasteiger partial charge in [-0.3, -0.25) is 4.79 Å². The van der Waals surface area contributed by atoms with Crippen molar-refractivity contribution in [1.82, 2.24) is 10.2 Å². The minimum absolute atomic E-state index is 0.186. The zero-order valence-electron chi connectivity index (χ0n) is 16.1. The average molecular weight is 362 g/mol. The van der Waals surface area contributed by atoms with E-state index in [2.05, 4.69) is 5.32 Å². The summed E-state index contributed by atoms with van der Waals surface area (Å²) in [6.45, 7) is 10.7. The molecule has 2 atom stereocenters. The summed E-state index contributed by atoms with van der Waals surface area (Å²) in [4.78, 5) is 25.9. The Hall–Kier alpha value is -1.38. The van der Waals surface area contributed by atoms with Crippen LogP contribution >= 0.6 is 0 Å². The molecule has 0 aromatic carbocycles. The molecule has 0 radical (unpaired) electrons. The molecule has 0 aliphatic carbocycles. The maximum Gasteiger partial charge on any atom is 0.407 e. The quantitative estimate of drug-likeness (QED) is 0.480. The summed E-state index contributed by atoms with van der Waals surface area (Å²) in [6, 6.07) is -1.06. The van der Waals surface area contributed by atoms with Gasteiger partial charge in [0, 0.05) is 19.8 Å². The van der Waals surface area contributed by atoms with Crippen LogP contribution in [-0.2, 0) is 19.0 Å². The first kappa shape index (κ1) is 23.6. The van der Waals surface area contributed by atoms with Crippen LogP contribution in [0, 0.1) is 5.92 Å². The van der Waals surface area contributed by atoms with Crippen LogP contribution < -0.4 is 5.32 Å². The SMILES string of the molecule is CCOC(=O)NC(CO)C(=O)N(CC(C)CC)CC(OCC)OCC. The van der Waals surface area contributed by atoms with Crippen LogP contribution in [0.15, 0.2) is 0 Å². The number of amides is 2. The van der Waals surface area contributed by atoms with Crippen molar-refractivity contribution in [2.45, 2.75) is 53.4 Å². The lowest BCUT2D eigenvalue weighted by Gasteiger charge is -2.31. The highest BCUT2D eigenvalue weighted by molar-refractivity contribution is 5.85. The second-order valence-electron chi connectivity index (χ2n) is 5.70. The van der Waals surface area contributed by atoms with E-state index >= 15 is 0 Å². The van der Waals surface area contributed by atoms with Crippen LogP contribution in [-0.4, -0.2) is 73.9 Å². The highest BCUT2D eigenvalue weighted by Gasteiger charge is 2.28. The summed E-state index contributed by atoms with van der Waals surface area (Å²) in [6.07, 6.45) is -0.387. The zero-order valence-corrected chi connectivity index (χ0v) is 16.1. The molecule has 8 nitrogen and oxygen atoms in total. The van der Waals surface area contributed by atoms with Crippen molar-refractivity contribution in [2.75, 3.05) is 39.5 Å². The maximum absolute atomic E-state index is 12.8. The molecule has 0 saturated heterocycles. The molecule has 0 fully saturated rings. The van der Waals surface area contributed by atoms with Crippen molar-refractivity contribution >= 4 is 12.0 Å². The number of carbonyl (C=O) groups is 2. The second-order valence-corrected chi connectivity index (χ2v) is 5.70. The number of hydrogen-bond donors (Lipinski definition) is 2. The van der Waals surface area contributed by atoms with Crippen molar-refractivity contribution in [3.8, 4) is 0 Å². The van der Waals surface area contributed by atoms with E-state index in [0.717, 1.165) is 6.42 Å². The first-order valence-electron chi connectivity index (χ1n) is 8.99. The monoisotopic (exact) mass is 362 g/mol. The average Bonchev–Trinajstić information content (AvgIpc) is 2.58. The molecular formula is C17H34N2O6. The van der Waals surface area contributed by atoms with Crippen LogP contribution in [0.3, 0.4) is 0 Å². The van der Waals surface area contributed by atoms with Gasteiger partial charge in [-0.05, 0) is 26.7 Å². The van der Waals surface area contributed by atoms with Crippen LogP contribution in [0.5, 0.6) is 0 Å². The Morgan fingerprint density at radius 1 is 1.04 bits per heavy atom. The van der Waals surface area contributed by atoms with Gasteiger partial charge in [0.2, 0.25) is 5.91 Å². The number of carbonyl (C=O) groups excluding carboxylic acids is 2. The van der Waals surface area contributed by atoms with Gasteiger partial charge in [-0.15, -0.1) is 0 Å². The fraction of sp³-hybridized carbons (Fsp3) is 0.882. The number of hydrogen-bond acceptors (Lipinski definition) is 6. The third-order valence-corrected chi connectivity index (χ3v) is 3.66. The lowest BCUT2D eigenvalue weighted by atomic mass is 10.1. The normalized spacial score (nSPS) is 13.4. The predicted molar refractivity (Wildman–Crippen MR) is 94.1 cm³/mol. The largest absolute Gasteiger partial charge is 0.450 e. The van der Waals surface area contributed by atoms with Gasteiger partial charge in [0.15, 0.2) is 6.29 Å². The predicted octanol–water partition coefficient (Wildman–Crippen LogP) is 1.37. The first-order chi connectivity index (χ1) is 11.9. The van der Waals surface area contributed by atoms with Gasteiger partial charge < -0.3 is 29.5 Å². The van der Waals surface area contributed by atoms with E-state index in [1.165, 1.54) is 0 Å². The summed E-state index contributed by atoms with van der Waals surface area (Å²) in [5.41, 5.74) is 0. The van der Waals surface area contributed by atoms with Crippen LogP contribution in [0.4, 0.5) is 4.79 Å². The number of rotatable bonds is 13. The second kappa shape index (κ2) is 13.9. The van der Waals surface area contributed by atoms with Crippen LogP contribution in [0.1, 0.15) is 41.0 Å². The Balaban J connectivity index is 5.12. The number of aliphatic hydroxyl groups excluding tert-OH is 1. The number of alkyl carbamates (subject to hydrolysis) is 1. The molecule has 2 amide bonds. The van der Waals surface area contributed by atoms with Crippen LogP contribution in [0.25, 0.3) is 0 Å². The van der Waals surface area contributed by atoms with Crippen molar-refractivity contribution in [3.05, 3.63) is 0 Å². The Labute approximate surface area is 150 Å². The van der Waals surface area contributed by atoms with E-state index in [1.807, 2.05) is 27.7 Å². The lowest BCUT2D eigenvalue weighted by Crippen LogP contribution is -2.53. The topological polar surface area (TPSA) is 97.3 Å². The molecule has 148 valence electrons. The molecule has 0 bridgehead atoms. The molecule has 0 aliphatic heterocycles. The minimum atomic E-state index is -1.06. The van der Waals surface area contributed by atoms with E-state index < -0.39 is 25.0 Å². The van der Waals surface area contributed by atoms with Crippen LogP contribution in [0.2, 0.25) is 0 Å². The van der Waals surface area contributed by atoms with E-state index in [-0.39, 0.29) is 25.0 Å². The highest BCUT2D eigenvalue weighted by Crippen LogP contribution is 2.09. The Bertz CT molecular complexity index is 374. The lowest BCUT2D eigenvalue weighted by molar-refractivity contribution is -0.161. The third kappa shape index (κ3) is 9.62. The van der Waals surface area contributed by atoms with Gasteiger partial charge in [0.1, 0.15) is 6.04 Å². The molecule has 0 saturated carbocycles. The van der Waals surface area contributed by atoms with Gasteiger partial charge in [-0.25, -0.2) is 4.79 Å². The Morgan fingerprint density at radius 2 is 1.64 bits per heavy atom. The van der Waals surface area contributed by atoms with Gasteiger partial charge in [-0.2, -0.15) is 0 Å². The summed E-state index contributed by atoms with van der Waals surface area (Å²) < 4.78 is 15.8. The summed E-state index contributed by atoms with van der Waals surface area (Å²) in [7, 11) is 0. The molecule has 25 heavy (non-hydrogen) atoms. The van der Waals surface area contributed by atoms with Gasteiger partial charge in [-0.1, -0.05) is 20.3 Å². The summed E-state index contributed by atoms with van der Waals surface area (Å²) in [5.74, 6) is -0.130. The van der Waals surface area contributed by atoms with E-state index in [9.17, 15) is 14.7 Å². The molecule has 8 heteroatoms. The number of ether oxygens (including phenoxy) is 3. The molecule has 0 aliphatic rings. The Kier molecular flexibility index (Phi) is 13.1. The fourth-order valence-corrected chi connectivity index (χ4v) is 2.19. The first-order valence-corrected chi connectivity index (χ1v) is 8.99. The molecule has 0 aromatic heterocycles. The van der Waals surface area contributed by atoms with Crippen molar-refractivity contribution < 1.29 is 28.9 Å². The minimum Gasteiger partial charge on any atom is -0.450 e. The molecule has 2 N–H and O–H groups in total. The van der Waals surface area contributed by atoms with Gasteiger partial charge in [0.25, 0.3) is 0 Å². The zero-order chi connectivity index (χ0) is 19.2. The molecule has 2 unspecified atom stereocenters. The number of nitrogens with zero attached hydrogens (tertiary/aromatic N) is 1. The van der Waals surface area contributed by atoms with Crippen molar-refractivity contribution in [1.29, 1.82) is 0 Å². The fourth-order valence-electron chi connectivity index (χ4n) is 2.19. The van der Waals surface area contributed by atoms with E-state index in [0.29, 0.717) is 19.8 Å². The van der Waals surface area contributed by atoms with Gasteiger partial charge >= 0.3 is 6.09 Å². The van der Waals surface area contributed by atoms with Crippen molar-refractivity contribution in [3.63, 3.8) is 0 Å². The third-order valence-electron chi connectivity index (χ3n) is 3.66. The van der Waals surface area contributed by atoms with E-state index in [4.69, 9.17) is 14.2 Å². The van der Waals surface area contributed by atoms with Gasteiger partial charge in [0.05, 0.1) is 19.8 Å². The molecular weight excluding hydrogens is 328 g/mol. The smallest absolute Gasteiger partial charge is 0.407 e. The molecule has 0 heterocycles. The molecule has 0 spiro atoms. The summed E-state index contributed by atoms with van der Waals surface area (Å²) in [5, 5.41) is 11.9. The number of aliphatic hydroxyl groups is 1. The Morgan fingerprint density at radius 3 is 2.08 bits per heavy atom. The number of nitrogens with one attached hydrogen (secondary N) is 1. The van der Waals surface area contributed by atoms with E-state index in [1.54, 1.807) is 11.8 Å². The standard InChI is InChI=1S/C17H34N2O6/c1-6-13(5)10-19(11-15(23-7-2)24-8-3)16(21)14(12-20)18-17(22)25-9-4/h13-15,20H,6-12H2,1-5H3,(H,18,22). The van der Waals surface area contributed by atoms with Crippen molar-refractivity contribution in [2.24, 2.45) is 5.92 Å². The summed E-state index contributed by atoms with van der Waals surface area (Å²) >= 11 is 0. The highest BCUT2D eigenvalue weighted by atomic mass is 16.7. The molecule has 0 rings (SSSR count). The maximum atomic E-state index is 12.8.